The van der Waals surface area contributed by atoms with Gasteiger partial charge in [0.1, 0.15) is 0 Å². The summed E-state index contributed by atoms with van der Waals surface area (Å²) in [5, 5.41) is 0.625. The van der Waals surface area contributed by atoms with E-state index in [1.54, 1.807) is 6.26 Å². The molecule has 2 rings (SSSR count). The Hall–Kier alpha value is -0.355. The molecule has 1 saturated heterocycles. The Labute approximate surface area is 128 Å². The van der Waals surface area contributed by atoms with E-state index in [2.05, 4.69) is 0 Å². The van der Waals surface area contributed by atoms with Crippen LogP contribution in [0.3, 0.4) is 0 Å². The zero-order chi connectivity index (χ0) is 15.1. The van der Waals surface area contributed by atoms with Crippen LogP contribution in [0.25, 0.3) is 0 Å². The van der Waals surface area contributed by atoms with Gasteiger partial charge in [-0.3, -0.25) is 4.21 Å². The molecule has 3 nitrogen and oxygen atoms in total. The van der Waals surface area contributed by atoms with Crippen molar-refractivity contribution in [2.45, 2.75) is 44.6 Å². The summed E-state index contributed by atoms with van der Waals surface area (Å²) in [7, 11) is -1.35. The minimum atomic E-state index is -0.933. The monoisotopic (exact) mass is 314 g/mol. The average molecular weight is 315 g/mol. The van der Waals surface area contributed by atoms with E-state index in [0.717, 1.165) is 11.0 Å². The molecule has 20 heavy (non-hydrogen) atoms. The molecule has 1 aromatic rings. The van der Waals surface area contributed by atoms with Crippen molar-refractivity contribution in [1.29, 1.82) is 0 Å². The lowest BCUT2D eigenvalue weighted by atomic mass is 9.78. The summed E-state index contributed by atoms with van der Waals surface area (Å²) in [6, 6.07) is 5.63. The van der Waals surface area contributed by atoms with Crippen molar-refractivity contribution in [3.05, 3.63) is 28.8 Å². The molecule has 0 spiro atoms. The quantitative estimate of drug-likeness (QED) is 0.804. The largest absolute Gasteiger partial charge is 0.494 e. The molecule has 1 aliphatic heterocycles. The van der Waals surface area contributed by atoms with Crippen LogP contribution in [0.1, 0.15) is 33.3 Å². The molecule has 1 atom stereocenters. The van der Waals surface area contributed by atoms with Crippen LogP contribution in [0.2, 0.25) is 5.02 Å². The molecule has 1 aliphatic rings. The lowest BCUT2D eigenvalue weighted by molar-refractivity contribution is 0.00578. The molecule has 0 aromatic heterocycles. The van der Waals surface area contributed by atoms with Crippen LogP contribution >= 0.6 is 11.6 Å². The predicted molar refractivity (Wildman–Crippen MR) is 84.9 cm³/mol. The van der Waals surface area contributed by atoms with E-state index >= 15 is 0 Å². The van der Waals surface area contributed by atoms with Crippen molar-refractivity contribution in [2.24, 2.45) is 0 Å². The fourth-order valence-corrected chi connectivity index (χ4v) is 2.99. The molecule has 6 heteroatoms. The van der Waals surface area contributed by atoms with Crippen LogP contribution in [0.4, 0.5) is 0 Å². The van der Waals surface area contributed by atoms with Crippen LogP contribution in [-0.4, -0.2) is 28.8 Å². The Morgan fingerprint density at radius 1 is 1.20 bits per heavy atom. The Morgan fingerprint density at radius 3 is 2.25 bits per heavy atom. The summed E-state index contributed by atoms with van der Waals surface area (Å²) in [6.45, 7) is 8.08. The van der Waals surface area contributed by atoms with E-state index in [1.807, 2.05) is 45.9 Å². The summed E-state index contributed by atoms with van der Waals surface area (Å²) >= 11 is 6.14. The summed E-state index contributed by atoms with van der Waals surface area (Å²) in [5.74, 6) is 0.437. The first-order chi connectivity index (χ1) is 9.12. The number of hydrogen-bond donors (Lipinski definition) is 0. The number of hydrogen-bond acceptors (Lipinski definition) is 3. The molecule has 0 radical (unpaired) electrons. The van der Waals surface area contributed by atoms with Crippen molar-refractivity contribution in [3.8, 4) is 0 Å². The molecule has 1 unspecified atom stereocenters. The second-order valence-corrected chi connectivity index (χ2v) is 8.00. The fraction of sp³-hybridized carbons (Fsp3) is 0.571. The minimum Gasteiger partial charge on any atom is -0.399 e. The highest BCUT2D eigenvalue weighted by atomic mass is 35.5. The minimum absolute atomic E-state index is 0.370. The molecule has 110 valence electrons. The van der Waals surface area contributed by atoms with Gasteiger partial charge in [0, 0.05) is 27.8 Å². The van der Waals surface area contributed by atoms with Crippen molar-refractivity contribution in [1.82, 2.24) is 0 Å². The van der Waals surface area contributed by atoms with Crippen molar-refractivity contribution < 1.29 is 13.5 Å². The molecule has 0 amide bonds. The van der Waals surface area contributed by atoms with E-state index in [1.165, 1.54) is 0 Å². The van der Waals surface area contributed by atoms with Crippen LogP contribution in [0.15, 0.2) is 18.2 Å². The van der Waals surface area contributed by atoms with Crippen molar-refractivity contribution in [2.75, 3.05) is 6.26 Å². The molecule has 0 bridgehead atoms. The summed E-state index contributed by atoms with van der Waals surface area (Å²) < 4.78 is 23.4. The first-order valence-corrected chi connectivity index (χ1v) is 8.67. The molecule has 0 aliphatic carbocycles. The zero-order valence-electron chi connectivity index (χ0n) is 12.5. The number of halogens is 1. The molecular formula is C14H20BClO3S. The normalized spacial score (nSPS) is 22.0. The molecule has 1 fully saturated rings. The van der Waals surface area contributed by atoms with Crippen LogP contribution < -0.4 is 5.46 Å². The highest BCUT2D eigenvalue weighted by Gasteiger charge is 2.51. The van der Waals surface area contributed by atoms with Gasteiger partial charge in [-0.2, -0.15) is 0 Å². The predicted octanol–water partition coefficient (Wildman–Crippen LogP) is 2.52. The second-order valence-electron chi connectivity index (χ2n) is 6.16. The highest BCUT2D eigenvalue weighted by molar-refractivity contribution is 7.83. The lowest BCUT2D eigenvalue weighted by Crippen LogP contribution is -2.41. The third kappa shape index (κ3) is 3.11. The summed E-state index contributed by atoms with van der Waals surface area (Å²) in [6.07, 6.45) is 1.66. The van der Waals surface area contributed by atoms with Crippen molar-refractivity contribution in [3.63, 3.8) is 0 Å². The van der Waals surface area contributed by atoms with E-state index in [0.29, 0.717) is 10.8 Å². The van der Waals surface area contributed by atoms with Gasteiger partial charge in [0.2, 0.25) is 0 Å². The van der Waals surface area contributed by atoms with E-state index in [9.17, 15) is 4.21 Å². The van der Waals surface area contributed by atoms with E-state index < -0.39 is 17.9 Å². The van der Waals surface area contributed by atoms with Crippen molar-refractivity contribution >= 4 is 35.0 Å². The third-order valence-corrected chi connectivity index (χ3v) is 5.04. The summed E-state index contributed by atoms with van der Waals surface area (Å²) in [5.41, 5.74) is 1.03. The van der Waals surface area contributed by atoms with Crippen LogP contribution in [0.5, 0.6) is 0 Å². The molecule has 0 saturated carbocycles. The fourth-order valence-electron chi connectivity index (χ4n) is 2.05. The zero-order valence-corrected chi connectivity index (χ0v) is 14.1. The maximum Gasteiger partial charge on any atom is 0.494 e. The maximum absolute atomic E-state index is 11.4. The van der Waals surface area contributed by atoms with Gasteiger partial charge >= 0.3 is 7.12 Å². The van der Waals surface area contributed by atoms with Gasteiger partial charge in [-0.1, -0.05) is 23.7 Å². The molecule has 1 aromatic carbocycles. The van der Waals surface area contributed by atoms with Crippen LogP contribution in [-0.2, 0) is 25.9 Å². The molecule has 1 heterocycles. The Morgan fingerprint density at radius 2 is 1.75 bits per heavy atom. The smallest absolute Gasteiger partial charge is 0.399 e. The third-order valence-electron chi connectivity index (χ3n) is 3.95. The molecule has 0 N–H and O–H groups in total. The lowest BCUT2D eigenvalue weighted by Gasteiger charge is -2.32. The Balaban J connectivity index is 2.29. The SMILES string of the molecule is CS(=O)Cc1cc(B2OC(C)(C)C(C)(C)O2)ccc1Cl. The van der Waals surface area contributed by atoms with Gasteiger partial charge in [-0.15, -0.1) is 0 Å². The number of rotatable bonds is 3. The maximum atomic E-state index is 11.4. The van der Waals surface area contributed by atoms with Gasteiger partial charge in [-0.05, 0) is 44.8 Å². The average Bonchev–Trinajstić information content (AvgIpc) is 2.50. The number of benzene rings is 1. The standard InChI is InChI=1S/C14H20BClO3S/c1-13(2)14(3,4)19-15(18-13)11-6-7-12(16)10(8-11)9-20(5)17/h6-8H,9H2,1-5H3. The Kier molecular flexibility index (Phi) is 4.36. The van der Waals surface area contributed by atoms with Gasteiger partial charge < -0.3 is 9.31 Å². The van der Waals surface area contributed by atoms with E-state index in [4.69, 9.17) is 20.9 Å². The Bertz CT molecular complexity index is 529. The second kappa shape index (κ2) is 5.45. The molecular weight excluding hydrogens is 294 g/mol. The van der Waals surface area contributed by atoms with Gasteiger partial charge in [0.15, 0.2) is 0 Å². The van der Waals surface area contributed by atoms with Crippen LogP contribution in [0, 0.1) is 0 Å². The van der Waals surface area contributed by atoms with Gasteiger partial charge in [-0.25, -0.2) is 0 Å². The van der Waals surface area contributed by atoms with Gasteiger partial charge in [0.05, 0.1) is 11.2 Å². The van der Waals surface area contributed by atoms with E-state index in [-0.39, 0.29) is 11.2 Å². The van der Waals surface area contributed by atoms with Gasteiger partial charge in [0.25, 0.3) is 0 Å². The first kappa shape index (κ1) is 16.0. The highest BCUT2D eigenvalue weighted by Crippen LogP contribution is 2.36. The summed E-state index contributed by atoms with van der Waals surface area (Å²) in [4.78, 5) is 0. The first-order valence-electron chi connectivity index (χ1n) is 6.56. The topological polar surface area (TPSA) is 35.5 Å².